The number of thiophene rings is 1. The van der Waals surface area contributed by atoms with Crippen LogP contribution in [-0.4, -0.2) is 27.6 Å². The zero-order chi connectivity index (χ0) is 16.2. The topological polar surface area (TPSA) is 95.7 Å². The molecule has 0 atom stereocenters. The summed E-state index contributed by atoms with van der Waals surface area (Å²) in [7, 11) is -3.94. The second-order valence-electron chi connectivity index (χ2n) is 4.41. The highest BCUT2D eigenvalue weighted by Crippen LogP contribution is 2.21. The normalized spacial score (nSPS) is 11.2. The van der Waals surface area contributed by atoms with Gasteiger partial charge >= 0.3 is 5.97 Å². The van der Waals surface area contributed by atoms with Gasteiger partial charge in [0.05, 0.1) is 0 Å². The molecule has 0 radical (unpaired) electrons. The van der Waals surface area contributed by atoms with Gasteiger partial charge < -0.3 is 9.47 Å². The molecule has 0 saturated heterocycles. The number of carbonyl (C=O) groups excluding carboxylic acids is 1. The van der Waals surface area contributed by atoms with Gasteiger partial charge in [-0.15, -0.1) is 11.3 Å². The van der Waals surface area contributed by atoms with Crippen LogP contribution >= 0.6 is 11.3 Å². The molecule has 0 amide bonds. The Morgan fingerprint density at radius 2 is 1.95 bits per heavy atom. The standard InChI is InChI=1S/C14H15NO5S2/c1-10-4-2-3-5-11(10)19-7-8-20-14(16)13-12(6-9-21-13)22(15,17)18/h2-6,9H,7-8H2,1H3,(H2,15,17,18). The van der Waals surface area contributed by atoms with Crippen molar-refractivity contribution in [1.82, 2.24) is 0 Å². The van der Waals surface area contributed by atoms with Gasteiger partial charge in [-0.1, -0.05) is 18.2 Å². The number of nitrogens with two attached hydrogens (primary N) is 1. The van der Waals surface area contributed by atoms with Crippen LogP contribution in [0.25, 0.3) is 0 Å². The van der Waals surface area contributed by atoms with Crippen molar-refractivity contribution in [3.63, 3.8) is 0 Å². The van der Waals surface area contributed by atoms with Crippen molar-refractivity contribution < 1.29 is 22.7 Å². The van der Waals surface area contributed by atoms with Crippen LogP contribution in [0.2, 0.25) is 0 Å². The molecule has 1 heterocycles. The summed E-state index contributed by atoms with van der Waals surface area (Å²) in [4.78, 5) is 11.6. The summed E-state index contributed by atoms with van der Waals surface area (Å²) in [5, 5.41) is 6.51. The lowest BCUT2D eigenvalue weighted by Gasteiger charge is -2.09. The summed E-state index contributed by atoms with van der Waals surface area (Å²) in [5.41, 5.74) is 0.976. The minimum Gasteiger partial charge on any atom is -0.490 e. The van der Waals surface area contributed by atoms with Crippen LogP contribution in [0.3, 0.4) is 0 Å². The predicted molar refractivity (Wildman–Crippen MR) is 82.6 cm³/mol. The monoisotopic (exact) mass is 341 g/mol. The Labute approximate surface area is 132 Å². The third kappa shape index (κ3) is 4.06. The predicted octanol–water partition coefficient (Wildman–Crippen LogP) is 1.94. The summed E-state index contributed by atoms with van der Waals surface area (Å²) in [6.07, 6.45) is 0. The molecule has 6 nitrogen and oxygen atoms in total. The number of rotatable bonds is 6. The fourth-order valence-corrected chi connectivity index (χ4v) is 3.60. The Morgan fingerprint density at radius 1 is 1.23 bits per heavy atom. The fourth-order valence-electron chi connectivity index (χ4n) is 1.74. The second-order valence-corrected chi connectivity index (χ2v) is 6.85. The Balaban J connectivity index is 1.89. The maximum absolute atomic E-state index is 11.9. The molecule has 0 aliphatic rings. The highest BCUT2D eigenvalue weighted by molar-refractivity contribution is 7.89. The van der Waals surface area contributed by atoms with Crippen molar-refractivity contribution in [2.75, 3.05) is 13.2 Å². The maximum atomic E-state index is 11.9. The Morgan fingerprint density at radius 3 is 2.64 bits per heavy atom. The number of carbonyl (C=O) groups is 1. The number of benzene rings is 1. The molecule has 0 bridgehead atoms. The molecule has 0 fully saturated rings. The Kier molecular flexibility index (Phi) is 5.17. The first-order valence-corrected chi connectivity index (χ1v) is 8.78. The molecule has 0 saturated carbocycles. The minimum absolute atomic E-state index is 0.00905. The first-order chi connectivity index (χ1) is 10.4. The van der Waals surface area contributed by atoms with Crippen LogP contribution in [0.5, 0.6) is 5.75 Å². The van der Waals surface area contributed by atoms with Crippen LogP contribution in [0.4, 0.5) is 0 Å². The summed E-state index contributed by atoms with van der Waals surface area (Å²) in [6.45, 7) is 2.09. The molecule has 2 aromatic rings. The number of ether oxygens (including phenoxy) is 2. The van der Waals surface area contributed by atoms with E-state index in [4.69, 9.17) is 14.6 Å². The van der Waals surface area contributed by atoms with E-state index >= 15 is 0 Å². The molecule has 2 N–H and O–H groups in total. The van der Waals surface area contributed by atoms with E-state index < -0.39 is 16.0 Å². The number of sulfonamides is 1. The van der Waals surface area contributed by atoms with E-state index in [1.165, 1.54) is 11.4 Å². The van der Waals surface area contributed by atoms with Gasteiger partial charge in [0.25, 0.3) is 0 Å². The number of esters is 1. The lowest BCUT2D eigenvalue weighted by molar-refractivity contribution is 0.0452. The quantitative estimate of drug-likeness (QED) is 0.640. The highest BCUT2D eigenvalue weighted by Gasteiger charge is 2.22. The number of primary sulfonamides is 1. The van der Waals surface area contributed by atoms with E-state index in [2.05, 4.69) is 0 Å². The van der Waals surface area contributed by atoms with Gasteiger partial charge in [-0.3, -0.25) is 0 Å². The minimum atomic E-state index is -3.94. The van der Waals surface area contributed by atoms with Crippen molar-refractivity contribution in [2.24, 2.45) is 5.14 Å². The van der Waals surface area contributed by atoms with Crippen LogP contribution in [-0.2, 0) is 14.8 Å². The van der Waals surface area contributed by atoms with Gasteiger partial charge in [-0.25, -0.2) is 18.4 Å². The van der Waals surface area contributed by atoms with E-state index in [0.717, 1.165) is 16.9 Å². The van der Waals surface area contributed by atoms with Gasteiger partial charge in [-0.2, -0.15) is 0 Å². The van der Waals surface area contributed by atoms with E-state index in [-0.39, 0.29) is 23.0 Å². The number of hydrogen-bond donors (Lipinski definition) is 1. The molecule has 22 heavy (non-hydrogen) atoms. The second kappa shape index (κ2) is 6.91. The van der Waals surface area contributed by atoms with E-state index in [1.54, 1.807) is 0 Å². The molecule has 2 rings (SSSR count). The molecular weight excluding hydrogens is 326 g/mol. The molecule has 0 aliphatic carbocycles. The van der Waals surface area contributed by atoms with Crippen LogP contribution in [0.1, 0.15) is 15.2 Å². The van der Waals surface area contributed by atoms with Crippen molar-refractivity contribution >= 4 is 27.3 Å². The molecule has 0 spiro atoms. The van der Waals surface area contributed by atoms with Gasteiger partial charge in [0.2, 0.25) is 10.0 Å². The first kappa shape index (κ1) is 16.5. The molecular formula is C14H15NO5S2. The first-order valence-electron chi connectivity index (χ1n) is 6.35. The lowest BCUT2D eigenvalue weighted by atomic mass is 10.2. The molecule has 1 aromatic heterocycles. The van der Waals surface area contributed by atoms with Crippen molar-refractivity contribution in [2.45, 2.75) is 11.8 Å². The molecule has 0 aliphatic heterocycles. The lowest BCUT2D eigenvalue weighted by Crippen LogP contribution is -2.17. The SMILES string of the molecule is Cc1ccccc1OCCOC(=O)c1sccc1S(N)(=O)=O. The average Bonchev–Trinajstić information content (AvgIpc) is 2.94. The molecule has 8 heteroatoms. The highest BCUT2D eigenvalue weighted by atomic mass is 32.2. The summed E-state index contributed by atoms with van der Waals surface area (Å²) in [5.74, 6) is -0.0210. The van der Waals surface area contributed by atoms with Crippen LogP contribution < -0.4 is 9.88 Å². The summed E-state index contributed by atoms with van der Waals surface area (Å²) in [6, 6.07) is 8.74. The molecule has 1 aromatic carbocycles. The number of para-hydroxylation sites is 1. The molecule has 118 valence electrons. The van der Waals surface area contributed by atoms with Gasteiger partial charge in [0.1, 0.15) is 28.7 Å². The number of hydrogen-bond acceptors (Lipinski definition) is 6. The average molecular weight is 341 g/mol. The zero-order valence-corrected chi connectivity index (χ0v) is 13.4. The summed E-state index contributed by atoms with van der Waals surface area (Å²) < 4.78 is 33.1. The van der Waals surface area contributed by atoms with Crippen molar-refractivity contribution in [1.29, 1.82) is 0 Å². The summed E-state index contributed by atoms with van der Waals surface area (Å²) >= 11 is 0.967. The number of aryl methyl sites for hydroxylation is 1. The fraction of sp³-hybridized carbons (Fsp3) is 0.214. The van der Waals surface area contributed by atoms with E-state index in [9.17, 15) is 13.2 Å². The van der Waals surface area contributed by atoms with Crippen molar-refractivity contribution in [3.8, 4) is 5.75 Å². The Hall–Kier alpha value is -1.90. The molecule has 0 unspecified atom stereocenters. The van der Waals surface area contributed by atoms with Crippen LogP contribution in [0.15, 0.2) is 40.6 Å². The zero-order valence-electron chi connectivity index (χ0n) is 11.8. The Bertz CT molecular complexity index is 767. The van der Waals surface area contributed by atoms with Gasteiger partial charge in [0.15, 0.2) is 0 Å². The smallest absolute Gasteiger partial charge is 0.349 e. The van der Waals surface area contributed by atoms with E-state index in [0.29, 0.717) is 5.75 Å². The third-order valence-corrected chi connectivity index (χ3v) is 4.77. The van der Waals surface area contributed by atoms with E-state index in [1.807, 2.05) is 31.2 Å². The van der Waals surface area contributed by atoms with Crippen molar-refractivity contribution in [3.05, 3.63) is 46.2 Å². The van der Waals surface area contributed by atoms with Gasteiger partial charge in [0, 0.05) is 0 Å². The third-order valence-electron chi connectivity index (χ3n) is 2.79. The van der Waals surface area contributed by atoms with Crippen LogP contribution in [0, 0.1) is 6.92 Å². The maximum Gasteiger partial charge on any atom is 0.349 e. The van der Waals surface area contributed by atoms with Gasteiger partial charge in [-0.05, 0) is 30.0 Å². The largest absolute Gasteiger partial charge is 0.490 e.